The molecule has 2 aliphatic rings. The van der Waals surface area contributed by atoms with Crippen molar-refractivity contribution in [3.8, 4) is 6.07 Å². The molecule has 0 spiro atoms. The third-order valence-corrected chi connectivity index (χ3v) is 4.86. The van der Waals surface area contributed by atoms with Crippen LogP contribution in [0, 0.1) is 25.2 Å². The average Bonchev–Trinajstić information content (AvgIpc) is 3.23. The van der Waals surface area contributed by atoms with Gasteiger partial charge in [0.1, 0.15) is 0 Å². The van der Waals surface area contributed by atoms with Crippen molar-refractivity contribution in [2.45, 2.75) is 26.9 Å². The second kappa shape index (κ2) is 6.72. The molecule has 0 saturated heterocycles. The van der Waals surface area contributed by atoms with Crippen molar-refractivity contribution in [3.63, 3.8) is 0 Å². The van der Waals surface area contributed by atoms with Gasteiger partial charge in [0.15, 0.2) is 0 Å². The summed E-state index contributed by atoms with van der Waals surface area (Å²) in [5.41, 5.74) is 6.89. The molecule has 1 N–H and O–H groups in total. The Balaban J connectivity index is 1.54. The fourth-order valence-electron chi connectivity index (χ4n) is 3.68. The Morgan fingerprint density at radius 3 is 2.63 bits per heavy atom. The second-order valence-electron chi connectivity index (χ2n) is 7.07. The summed E-state index contributed by atoms with van der Waals surface area (Å²) in [5.74, 6) is 0.566. The summed E-state index contributed by atoms with van der Waals surface area (Å²) < 4.78 is 0. The number of nitriles is 1. The molecule has 1 aromatic heterocycles. The van der Waals surface area contributed by atoms with Crippen LogP contribution in [0.25, 0.3) is 0 Å². The van der Waals surface area contributed by atoms with Gasteiger partial charge in [-0.25, -0.2) is 9.97 Å². The Morgan fingerprint density at radius 1 is 1.15 bits per heavy atom. The molecule has 136 valence electrons. The minimum absolute atomic E-state index is 0.382. The van der Waals surface area contributed by atoms with Gasteiger partial charge in [-0.15, -0.1) is 0 Å². The first-order valence-corrected chi connectivity index (χ1v) is 8.82. The summed E-state index contributed by atoms with van der Waals surface area (Å²) in [6.07, 6.45) is 2.63. The number of hydrogen-bond acceptors (Lipinski definition) is 6. The first kappa shape index (κ1) is 17.0. The minimum atomic E-state index is 0.382. The zero-order chi connectivity index (χ0) is 19.0. The molecule has 0 atom stereocenters. The maximum Gasteiger partial charge on any atom is 0.227 e. The van der Waals surface area contributed by atoms with Crippen LogP contribution in [0.5, 0.6) is 0 Å². The lowest BCUT2D eigenvalue weighted by Crippen LogP contribution is -2.24. The molecule has 0 saturated carbocycles. The highest BCUT2D eigenvalue weighted by Crippen LogP contribution is 2.29. The zero-order valence-electron chi connectivity index (χ0n) is 15.4. The molecule has 4 rings (SSSR count). The van der Waals surface area contributed by atoms with Crippen molar-refractivity contribution in [1.29, 1.82) is 5.26 Å². The van der Waals surface area contributed by atoms with Crippen LogP contribution in [0.2, 0.25) is 0 Å². The zero-order valence-corrected chi connectivity index (χ0v) is 15.4. The predicted octanol–water partition coefficient (Wildman–Crippen LogP) is 2.40. The fraction of sp³-hybridized carbons (Fsp3) is 0.300. The van der Waals surface area contributed by atoms with E-state index in [9.17, 15) is 10.1 Å². The Labute approximate surface area is 157 Å². The summed E-state index contributed by atoms with van der Waals surface area (Å²) in [5, 5.41) is 12.6. The summed E-state index contributed by atoms with van der Waals surface area (Å²) in [6, 6.07) is 8.47. The number of fused-ring (bicyclic) bond motifs is 1. The topological polar surface area (TPSA) is 85.2 Å². The molecule has 3 heterocycles. The van der Waals surface area contributed by atoms with Crippen LogP contribution in [0.1, 0.15) is 22.4 Å². The van der Waals surface area contributed by atoms with Crippen LogP contribution in [0.15, 0.2) is 35.7 Å². The molecule has 27 heavy (non-hydrogen) atoms. The van der Waals surface area contributed by atoms with Crippen LogP contribution >= 0.6 is 0 Å². The van der Waals surface area contributed by atoms with Crippen molar-refractivity contribution >= 4 is 18.0 Å². The van der Waals surface area contributed by atoms with E-state index in [0.717, 1.165) is 29.1 Å². The summed E-state index contributed by atoms with van der Waals surface area (Å²) >= 11 is 0. The van der Waals surface area contributed by atoms with Gasteiger partial charge in [0.25, 0.3) is 0 Å². The maximum atomic E-state index is 11.1. The van der Waals surface area contributed by atoms with Gasteiger partial charge in [-0.05, 0) is 37.1 Å². The largest absolute Gasteiger partial charge is 0.362 e. The standard InChI is InChI=1S/C20H20N6O/c1-13-3-14(2)5-17(4-13)23-20-22-7-16-9-26(10-18(16)24-20)19-11-25(12-27)8-15(19)6-21/h3-5,7,12H,8-11H2,1-2H3,(H,22,23,24). The number of hydrogen-bond donors (Lipinski definition) is 1. The molecule has 0 fully saturated rings. The fourth-order valence-corrected chi connectivity index (χ4v) is 3.68. The van der Waals surface area contributed by atoms with Gasteiger partial charge in [0.2, 0.25) is 12.4 Å². The van der Waals surface area contributed by atoms with Gasteiger partial charge in [-0.3, -0.25) is 4.79 Å². The molecule has 7 heteroatoms. The summed E-state index contributed by atoms with van der Waals surface area (Å²) in [7, 11) is 0. The highest BCUT2D eigenvalue weighted by molar-refractivity contribution is 5.56. The number of rotatable bonds is 4. The smallest absolute Gasteiger partial charge is 0.227 e. The molecule has 7 nitrogen and oxygen atoms in total. The highest BCUT2D eigenvalue weighted by atomic mass is 16.1. The van der Waals surface area contributed by atoms with Crippen molar-refractivity contribution < 1.29 is 4.79 Å². The number of benzene rings is 1. The van der Waals surface area contributed by atoms with E-state index < -0.39 is 0 Å². The van der Waals surface area contributed by atoms with Gasteiger partial charge < -0.3 is 15.1 Å². The molecule has 0 radical (unpaired) electrons. The lowest BCUT2D eigenvalue weighted by molar-refractivity contribution is -0.117. The number of carbonyl (C=O) groups excluding carboxylic acids is 1. The average molecular weight is 360 g/mol. The molecule has 0 bridgehead atoms. The third kappa shape index (κ3) is 3.34. The van der Waals surface area contributed by atoms with E-state index in [0.29, 0.717) is 37.7 Å². The summed E-state index contributed by atoms with van der Waals surface area (Å²) in [6.45, 7) is 6.25. The maximum absolute atomic E-state index is 11.1. The normalized spacial score (nSPS) is 15.7. The minimum Gasteiger partial charge on any atom is -0.362 e. The van der Waals surface area contributed by atoms with Crippen LogP contribution < -0.4 is 5.32 Å². The van der Waals surface area contributed by atoms with Crippen LogP contribution in [-0.4, -0.2) is 39.3 Å². The van der Waals surface area contributed by atoms with Crippen molar-refractivity contribution in [3.05, 3.63) is 58.1 Å². The van der Waals surface area contributed by atoms with Gasteiger partial charge >= 0.3 is 0 Å². The van der Waals surface area contributed by atoms with Crippen molar-refractivity contribution in [2.24, 2.45) is 0 Å². The van der Waals surface area contributed by atoms with E-state index in [1.807, 2.05) is 6.20 Å². The molecule has 1 aromatic carbocycles. The van der Waals surface area contributed by atoms with E-state index in [-0.39, 0.29) is 0 Å². The van der Waals surface area contributed by atoms with Crippen LogP contribution in [-0.2, 0) is 17.9 Å². The number of aryl methyl sites for hydroxylation is 2. The Kier molecular flexibility index (Phi) is 4.24. The van der Waals surface area contributed by atoms with E-state index in [1.54, 1.807) is 4.90 Å². The van der Waals surface area contributed by atoms with E-state index in [4.69, 9.17) is 0 Å². The SMILES string of the molecule is Cc1cc(C)cc(Nc2ncc3c(n2)CN(C2=C(C#N)CN(C=O)C2)C3)c1. The molecule has 1 amide bonds. The number of nitrogens with one attached hydrogen (secondary N) is 1. The lowest BCUT2D eigenvalue weighted by atomic mass is 10.1. The third-order valence-electron chi connectivity index (χ3n) is 4.86. The molecular formula is C20H20N6O. The Morgan fingerprint density at radius 2 is 1.93 bits per heavy atom. The predicted molar refractivity (Wildman–Crippen MR) is 101 cm³/mol. The number of carbonyl (C=O) groups is 1. The number of anilines is 2. The first-order chi connectivity index (χ1) is 13.1. The molecule has 2 aromatic rings. The van der Waals surface area contributed by atoms with Gasteiger partial charge in [-0.2, -0.15) is 5.26 Å². The number of amides is 1. The van der Waals surface area contributed by atoms with Crippen molar-refractivity contribution in [1.82, 2.24) is 19.8 Å². The lowest BCUT2D eigenvalue weighted by Gasteiger charge is -2.19. The van der Waals surface area contributed by atoms with E-state index in [2.05, 4.69) is 58.3 Å². The van der Waals surface area contributed by atoms with Gasteiger partial charge in [0, 0.05) is 29.7 Å². The molecule has 2 aliphatic heterocycles. The summed E-state index contributed by atoms with van der Waals surface area (Å²) in [4.78, 5) is 23.9. The van der Waals surface area contributed by atoms with Gasteiger partial charge in [-0.1, -0.05) is 6.07 Å². The van der Waals surface area contributed by atoms with Crippen molar-refractivity contribution in [2.75, 3.05) is 18.4 Å². The monoisotopic (exact) mass is 360 g/mol. The molecular weight excluding hydrogens is 340 g/mol. The van der Waals surface area contributed by atoms with E-state index >= 15 is 0 Å². The number of nitrogens with zero attached hydrogens (tertiary/aromatic N) is 5. The second-order valence-corrected chi connectivity index (χ2v) is 7.07. The number of aromatic nitrogens is 2. The first-order valence-electron chi connectivity index (χ1n) is 8.82. The Bertz CT molecular complexity index is 970. The van der Waals surface area contributed by atoms with Gasteiger partial charge in [0.05, 0.1) is 37.0 Å². The molecule has 0 unspecified atom stereocenters. The quantitative estimate of drug-likeness (QED) is 0.843. The highest BCUT2D eigenvalue weighted by Gasteiger charge is 2.30. The van der Waals surface area contributed by atoms with Crippen LogP contribution in [0.4, 0.5) is 11.6 Å². The van der Waals surface area contributed by atoms with E-state index in [1.165, 1.54) is 11.1 Å². The van der Waals surface area contributed by atoms with Crippen LogP contribution in [0.3, 0.4) is 0 Å². The molecule has 0 aliphatic carbocycles. The Hall–Kier alpha value is -3.40.